The van der Waals surface area contributed by atoms with Crippen LogP contribution in [-0.4, -0.2) is 53.5 Å². The monoisotopic (exact) mass is 649 g/mol. The second-order valence-corrected chi connectivity index (χ2v) is 12.6. The zero-order valence-electron chi connectivity index (χ0n) is 26.9. The summed E-state index contributed by atoms with van der Waals surface area (Å²) in [7, 11) is -4.16. The molecule has 1 unspecified atom stereocenters. The highest BCUT2D eigenvalue weighted by atomic mass is 35.5. The number of unbranched alkanes of at least 4 members (excludes halogenated alkanes) is 9. The fraction of sp³-hybridized carbons (Fsp3) is 0.559. The number of halogens is 1. The zero-order chi connectivity index (χ0) is 32.0. The van der Waals surface area contributed by atoms with Crippen molar-refractivity contribution in [3.8, 4) is 5.75 Å². The molecular formula is C34H53ClN3O5P. The average Bonchev–Trinajstić information content (AvgIpc) is 3.42. The summed E-state index contributed by atoms with van der Waals surface area (Å²) in [4.78, 5) is 27.6. The molecule has 0 saturated heterocycles. The van der Waals surface area contributed by atoms with Gasteiger partial charge >= 0.3 is 7.82 Å². The fourth-order valence-corrected chi connectivity index (χ4v) is 5.95. The summed E-state index contributed by atoms with van der Waals surface area (Å²) >= 11 is 5.94. The van der Waals surface area contributed by atoms with E-state index in [9.17, 15) is 14.3 Å². The lowest BCUT2D eigenvalue weighted by atomic mass is 10.1. The van der Waals surface area contributed by atoms with Gasteiger partial charge in [-0.05, 0) is 56.2 Å². The Hall–Kier alpha value is -2.35. The summed E-state index contributed by atoms with van der Waals surface area (Å²) in [5.41, 5.74) is 2.10. The Morgan fingerprint density at radius 3 is 2.05 bits per heavy atom. The molecular weight excluding hydrogens is 597 g/mol. The van der Waals surface area contributed by atoms with Crippen LogP contribution in [0.2, 0.25) is 5.02 Å². The van der Waals surface area contributed by atoms with Crippen molar-refractivity contribution in [3.63, 3.8) is 0 Å². The van der Waals surface area contributed by atoms with Crippen LogP contribution in [0.15, 0.2) is 54.7 Å². The minimum atomic E-state index is -4.16. The molecule has 44 heavy (non-hydrogen) atoms. The first-order valence-corrected chi connectivity index (χ1v) is 18.1. The molecule has 0 aliphatic heterocycles. The number of nitrogens with zero attached hydrogens (tertiary/aromatic N) is 1. The molecule has 0 saturated carbocycles. The first kappa shape index (κ1) is 37.8. The third kappa shape index (κ3) is 15.6. The SMILES string of the molecule is CCN(CC)CC.O=C(Cc1c[nH]c2ccccc12)NCCCCCCCCCCCCOP(=O)(O)Oc1ccccc1Cl. The molecule has 1 aromatic heterocycles. The zero-order valence-corrected chi connectivity index (χ0v) is 28.5. The summed E-state index contributed by atoms with van der Waals surface area (Å²) in [5, 5.41) is 4.42. The maximum Gasteiger partial charge on any atom is 0.527 e. The maximum absolute atomic E-state index is 12.2. The van der Waals surface area contributed by atoms with Crippen molar-refractivity contribution >= 4 is 36.2 Å². The summed E-state index contributed by atoms with van der Waals surface area (Å²) in [6.45, 7) is 11.0. The van der Waals surface area contributed by atoms with Crippen molar-refractivity contribution in [2.75, 3.05) is 32.8 Å². The Bertz CT molecular complexity index is 1240. The van der Waals surface area contributed by atoms with Gasteiger partial charge in [0.05, 0.1) is 18.1 Å². The number of hydrogen-bond acceptors (Lipinski definition) is 5. The van der Waals surface area contributed by atoms with E-state index in [2.05, 4.69) is 36.0 Å². The summed E-state index contributed by atoms with van der Waals surface area (Å²) in [6.07, 6.45) is 13.1. The van der Waals surface area contributed by atoms with E-state index in [4.69, 9.17) is 20.6 Å². The van der Waals surface area contributed by atoms with Crippen LogP contribution in [0, 0.1) is 0 Å². The number of H-pyrrole nitrogens is 1. The van der Waals surface area contributed by atoms with Crippen LogP contribution in [0.4, 0.5) is 0 Å². The van der Waals surface area contributed by atoms with Crippen molar-refractivity contribution in [2.45, 2.75) is 91.4 Å². The van der Waals surface area contributed by atoms with Gasteiger partial charge in [-0.2, -0.15) is 0 Å². The number of rotatable bonds is 21. The highest BCUT2D eigenvalue weighted by molar-refractivity contribution is 7.47. The third-order valence-electron chi connectivity index (χ3n) is 7.57. The van der Waals surface area contributed by atoms with E-state index >= 15 is 0 Å². The third-order valence-corrected chi connectivity index (χ3v) is 8.81. The molecule has 0 aliphatic rings. The number of phosphoric ester groups is 1. The van der Waals surface area contributed by atoms with Crippen LogP contribution in [0.1, 0.15) is 90.5 Å². The Labute approximate surface area is 269 Å². The second kappa shape index (κ2) is 22.2. The second-order valence-electron chi connectivity index (χ2n) is 10.9. The minimum Gasteiger partial charge on any atom is -0.403 e. The van der Waals surface area contributed by atoms with Crippen molar-refractivity contribution in [3.05, 3.63) is 65.3 Å². The van der Waals surface area contributed by atoms with Gasteiger partial charge in [-0.25, -0.2) is 4.57 Å². The number of aromatic amines is 1. The Morgan fingerprint density at radius 2 is 1.43 bits per heavy atom. The predicted octanol–water partition coefficient (Wildman–Crippen LogP) is 8.93. The van der Waals surface area contributed by atoms with Crippen molar-refractivity contribution in [1.29, 1.82) is 0 Å². The van der Waals surface area contributed by atoms with Crippen molar-refractivity contribution in [2.24, 2.45) is 0 Å². The van der Waals surface area contributed by atoms with E-state index in [1.807, 2.05) is 30.5 Å². The van der Waals surface area contributed by atoms with Gasteiger partial charge < -0.3 is 19.7 Å². The van der Waals surface area contributed by atoms with E-state index in [0.29, 0.717) is 12.8 Å². The molecule has 3 rings (SSSR count). The van der Waals surface area contributed by atoms with Crippen LogP contribution >= 0.6 is 19.4 Å². The van der Waals surface area contributed by atoms with Crippen LogP contribution in [0.5, 0.6) is 5.75 Å². The van der Waals surface area contributed by atoms with Gasteiger partial charge in [0.2, 0.25) is 5.91 Å². The molecule has 0 aliphatic carbocycles. The molecule has 0 fully saturated rings. The quantitative estimate of drug-likeness (QED) is 0.0786. The van der Waals surface area contributed by atoms with E-state index < -0.39 is 7.82 Å². The Morgan fingerprint density at radius 1 is 0.864 bits per heavy atom. The molecule has 0 radical (unpaired) electrons. The average molecular weight is 650 g/mol. The molecule has 1 atom stereocenters. The number of benzene rings is 2. The first-order valence-electron chi connectivity index (χ1n) is 16.2. The summed E-state index contributed by atoms with van der Waals surface area (Å²) in [5.74, 6) is 0.214. The van der Waals surface area contributed by atoms with Gasteiger partial charge in [-0.3, -0.25) is 14.2 Å². The van der Waals surface area contributed by atoms with Crippen molar-refractivity contribution < 1.29 is 23.3 Å². The Kier molecular flexibility index (Phi) is 19.1. The van der Waals surface area contributed by atoms with Crippen molar-refractivity contribution in [1.82, 2.24) is 15.2 Å². The number of nitrogens with one attached hydrogen (secondary N) is 2. The molecule has 2 aromatic carbocycles. The van der Waals surface area contributed by atoms with Crippen LogP contribution in [-0.2, 0) is 20.3 Å². The molecule has 3 N–H and O–H groups in total. The van der Waals surface area contributed by atoms with Gasteiger partial charge in [-0.15, -0.1) is 0 Å². The number of phosphoric acid groups is 1. The van der Waals surface area contributed by atoms with E-state index in [-0.39, 0.29) is 23.3 Å². The maximum atomic E-state index is 12.2. The van der Waals surface area contributed by atoms with Gasteiger partial charge in [-0.1, -0.05) is 114 Å². The number of aromatic nitrogens is 1. The molecule has 1 heterocycles. The van der Waals surface area contributed by atoms with E-state index in [1.165, 1.54) is 51.4 Å². The van der Waals surface area contributed by atoms with Gasteiger partial charge in [0.15, 0.2) is 0 Å². The number of carbonyl (C=O) groups is 1. The number of amides is 1. The smallest absolute Gasteiger partial charge is 0.403 e. The number of para-hydroxylation sites is 2. The molecule has 246 valence electrons. The van der Waals surface area contributed by atoms with Crippen LogP contribution < -0.4 is 9.84 Å². The van der Waals surface area contributed by atoms with Crippen LogP contribution in [0.25, 0.3) is 10.9 Å². The number of fused-ring (bicyclic) bond motifs is 1. The van der Waals surface area contributed by atoms with E-state index in [1.54, 1.807) is 18.2 Å². The number of hydrogen-bond donors (Lipinski definition) is 3. The lowest BCUT2D eigenvalue weighted by Gasteiger charge is -2.13. The number of carbonyl (C=O) groups excluding carboxylic acids is 1. The molecule has 0 spiro atoms. The normalized spacial score (nSPS) is 12.5. The fourth-order valence-electron chi connectivity index (χ4n) is 4.90. The van der Waals surface area contributed by atoms with Crippen LogP contribution in [0.3, 0.4) is 0 Å². The van der Waals surface area contributed by atoms with Gasteiger partial charge in [0.1, 0.15) is 5.75 Å². The Balaban J connectivity index is 0.000000860. The predicted molar refractivity (Wildman–Crippen MR) is 183 cm³/mol. The lowest BCUT2D eigenvalue weighted by Crippen LogP contribution is -2.25. The summed E-state index contributed by atoms with van der Waals surface area (Å²) in [6, 6.07) is 14.5. The minimum absolute atomic E-state index is 0.0741. The highest BCUT2D eigenvalue weighted by Crippen LogP contribution is 2.45. The highest BCUT2D eigenvalue weighted by Gasteiger charge is 2.23. The lowest BCUT2D eigenvalue weighted by molar-refractivity contribution is -0.120. The molecule has 1 amide bonds. The largest absolute Gasteiger partial charge is 0.527 e. The molecule has 8 nitrogen and oxygen atoms in total. The molecule has 0 bridgehead atoms. The standard InChI is InChI=1S/C28H38ClN2O5P.C6H15N/c29-25-16-10-12-18-27(25)36-37(33,34)35-20-14-8-6-4-2-1-3-5-7-13-19-30-28(32)21-23-22-31-26-17-11-9-15-24(23)26;1-4-7(5-2)6-3/h9-12,15-18,22,31H,1-8,13-14,19-21H2,(H,30,32)(H,33,34);4-6H2,1-3H3. The van der Waals surface area contributed by atoms with Gasteiger partial charge in [0, 0.05) is 23.6 Å². The summed E-state index contributed by atoms with van der Waals surface area (Å²) < 4.78 is 22.1. The molecule has 3 aromatic rings. The van der Waals surface area contributed by atoms with E-state index in [0.717, 1.165) is 55.1 Å². The molecule has 10 heteroatoms. The topological polar surface area (TPSA) is 104 Å². The van der Waals surface area contributed by atoms with Gasteiger partial charge in [0.25, 0.3) is 0 Å². The first-order chi connectivity index (χ1) is 21.3.